The monoisotopic (exact) mass is 1050 g/mol. The maximum Gasteiger partial charge on any atom is 0.497 e. The first-order valence-corrected chi connectivity index (χ1v) is 26.0. The summed E-state index contributed by atoms with van der Waals surface area (Å²) in [6.07, 6.45) is 15.1. The van der Waals surface area contributed by atoms with E-state index in [1.54, 1.807) is 12.4 Å². The Bertz CT molecular complexity index is 4440. The van der Waals surface area contributed by atoms with E-state index in [0.29, 0.717) is 5.78 Å². The zero-order valence-electron chi connectivity index (χ0n) is 42.1. The van der Waals surface area contributed by atoms with Crippen molar-refractivity contribution >= 4 is 105 Å². The van der Waals surface area contributed by atoms with Gasteiger partial charge in [-0.05, 0) is 119 Å². The lowest BCUT2D eigenvalue weighted by Gasteiger charge is -2.32. The van der Waals surface area contributed by atoms with Gasteiger partial charge in [-0.2, -0.15) is 0 Å². The highest BCUT2D eigenvalue weighted by atomic mass is 79.9. The Balaban J connectivity index is 0.000000116. The Morgan fingerprint density at radius 2 is 0.882 bits per heavy atom. The molecular formula is C64H48BBrN8O2. The molecule has 1 aliphatic heterocycles. The van der Waals surface area contributed by atoms with Crippen LogP contribution >= 0.6 is 15.9 Å². The first-order valence-electron chi connectivity index (χ1n) is 25.3. The fourth-order valence-electron chi connectivity index (χ4n) is 10.2. The van der Waals surface area contributed by atoms with Gasteiger partial charge in [-0.1, -0.05) is 143 Å². The minimum Gasteiger partial charge on any atom is -0.399 e. The smallest absolute Gasteiger partial charge is 0.399 e. The van der Waals surface area contributed by atoms with Crippen molar-refractivity contribution < 1.29 is 9.31 Å². The van der Waals surface area contributed by atoms with Crippen LogP contribution in [0.5, 0.6) is 0 Å². The molecule has 0 aliphatic carbocycles. The average Bonchev–Trinajstić information content (AvgIpc) is 4.25. The lowest BCUT2D eigenvalue weighted by molar-refractivity contribution is 0.00578. The van der Waals surface area contributed by atoms with Gasteiger partial charge in [0.2, 0.25) is 11.6 Å². The summed E-state index contributed by atoms with van der Waals surface area (Å²) >= 11 is 3.41. The highest BCUT2D eigenvalue weighted by molar-refractivity contribution is 9.10. The molecule has 0 N–H and O–H groups in total. The molecule has 0 radical (unpaired) electrons. The molecule has 1 saturated heterocycles. The Kier molecular flexibility index (Phi) is 11.7. The first-order chi connectivity index (χ1) is 37.0. The number of aromatic nitrogens is 8. The SMILES string of the molecule is Brc1ccc(-c2cn3cccnc3n2)cc1.CC1(C)OB(c2cc3c4ccccc4ccc3c3cccnc23)OC1(C)C.c1ccc2c(c1)ccc1c3cccnc3c(-c3ccc(-c4cn5cccnc5n4)cc3)cc21. The molecule has 0 unspecified atom stereocenters. The maximum atomic E-state index is 6.36. The highest BCUT2D eigenvalue weighted by Crippen LogP contribution is 2.40. The summed E-state index contributed by atoms with van der Waals surface area (Å²) < 4.78 is 17.6. The van der Waals surface area contributed by atoms with Crippen LogP contribution in [0.2, 0.25) is 0 Å². The second-order valence-electron chi connectivity index (χ2n) is 20.0. The van der Waals surface area contributed by atoms with Gasteiger partial charge in [0.05, 0.1) is 33.6 Å². The van der Waals surface area contributed by atoms with E-state index in [-0.39, 0.29) is 11.2 Å². The van der Waals surface area contributed by atoms with Gasteiger partial charge in [0.25, 0.3) is 0 Å². The Morgan fingerprint density at radius 3 is 1.43 bits per heavy atom. The molecule has 15 rings (SSSR count). The molecule has 14 aromatic rings. The van der Waals surface area contributed by atoms with Crippen molar-refractivity contribution in [1.29, 1.82) is 0 Å². The largest absolute Gasteiger partial charge is 0.497 e. The summed E-state index contributed by atoms with van der Waals surface area (Å²) in [5.74, 6) is 1.42. The van der Waals surface area contributed by atoms with E-state index in [0.717, 1.165) is 65.8 Å². The molecule has 0 amide bonds. The number of imidazole rings is 2. The summed E-state index contributed by atoms with van der Waals surface area (Å²) in [6, 6.07) is 59.1. The van der Waals surface area contributed by atoms with Gasteiger partial charge >= 0.3 is 7.12 Å². The predicted octanol–water partition coefficient (Wildman–Crippen LogP) is 14.9. The van der Waals surface area contributed by atoms with E-state index >= 15 is 0 Å². The Morgan fingerprint density at radius 1 is 0.421 bits per heavy atom. The third kappa shape index (κ3) is 8.50. The molecular weight excluding hydrogens is 1000 g/mol. The standard InChI is InChI=1S/C29H18N4.C23H22BNO2.C12H8BrN3/c1-2-6-22-19(5-1)12-13-23-24-7-3-14-30-28(24)25(17-26(22)23)20-8-10-21(11-9-20)27-18-33-16-4-15-31-29(33)32-27;1-22(2)23(3,4)27-24(26-22)20-14-19-16-9-6-5-8-15(16)11-12-17(19)18-10-7-13-25-21(18)20;13-10-4-2-9(3-5-10)11-8-16-7-1-6-14-12(16)15-11/h1-18H;5-14H,1-4H3;1-8H. The third-order valence-corrected chi connectivity index (χ3v) is 15.4. The van der Waals surface area contributed by atoms with E-state index in [4.69, 9.17) is 19.3 Å². The van der Waals surface area contributed by atoms with E-state index in [9.17, 15) is 0 Å². The van der Waals surface area contributed by atoms with E-state index in [1.165, 1.54) is 48.5 Å². The van der Waals surface area contributed by atoms with Crippen molar-refractivity contribution in [1.82, 2.24) is 38.7 Å². The van der Waals surface area contributed by atoms with Crippen LogP contribution in [0.4, 0.5) is 0 Å². The quantitative estimate of drug-likeness (QED) is 0.127. The zero-order chi connectivity index (χ0) is 51.5. The molecule has 7 heterocycles. The van der Waals surface area contributed by atoms with Gasteiger partial charge in [-0.15, -0.1) is 0 Å². The van der Waals surface area contributed by atoms with Crippen LogP contribution in [0.1, 0.15) is 27.7 Å². The molecule has 10 nitrogen and oxygen atoms in total. The van der Waals surface area contributed by atoms with Gasteiger partial charge in [-0.3, -0.25) is 18.8 Å². The maximum absolute atomic E-state index is 6.36. The predicted molar refractivity (Wildman–Crippen MR) is 313 cm³/mol. The van der Waals surface area contributed by atoms with Crippen LogP contribution in [-0.2, 0) is 9.31 Å². The number of fused-ring (bicyclic) bond motifs is 12. The molecule has 0 saturated carbocycles. The van der Waals surface area contributed by atoms with E-state index < -0.39 is 7.12 Å². The number of halogens is 1. The molecule has 0 atom stereocenters. The number of nitrogens with zero attached hydrogens (tertiary/aromatic N) is 8. The van der Waals surface area contributed by atoms with Crippen LogP contribution in [0.3, 0.4) is 0 Å². The van der Waals surface area contributed by atoms with E-state index in [1.807, 2.05) is 94.5 Å². The Hall–Kier alpha value is -8.68. The van der Waals surface area contributed by atoms with Crippen LogP contribution in [0.25, 0.3) is 110 Å². The fraction of sp³-hybridized carbons (Fsp3) is 0.0938. The number of rotatable bonds is 4. The number of pyridine rings is 2. The zero-order valence-corrected chi connectivity index (χ0v) is 43.7. The lowest BCUT2D eigenvalue weighted by Crippen LogP contribution is -2.41. The van der Waals surface area contributed by atoms with Gasteiger partial charge in [0.15, 0.2) is 0 Å². The minimum absolute atomic E-state index is 0.382. The van der Waals surface area contributed by atoms with Crippen molar-refractivity contribution in [2.75, 3.05) is 0 Å². The van der Waals surface area contributed by atoms with Crippen molar-refractivity contribution in [3.05, 3.63) is 224 Å². The van der Waals surface area contributed by atoms with Crippen molar-refractivity contribution in [2.24, 2.45) is 0 Å². The second-order valence-corrected chi connectivity index (χ2v) is 20.9. The summed E-state index contributed by atoms with van der Waals surface area (Å²) in [5.41, 5.74) is 8.47. The van der Waals surface area contributed by atoms with Crippen molar-refractivity contribution in [3.8, 4) is 33.6 Å². The molecule has 12 heteroatoms. The Labute approximate surface area is 447 Å². The molecule has 366 valence electrons. The second kappa shape index (κ2) is 18.9. The van der Waals surface area contributed by atoms with Gasteiger partial charge in [0.1, 0.15) is 0 Å². The number of benzene rings is 8. The van der Waals surface area contributed by atoms with Crippen molar-refractivity contribution in [3.63, 3.8) is 0 Å². The highest BCUT2D eigenvalue weighted by Gasteiger charge is 2.52. The van der Waals surface area contributed by atoms with Crippen LogP contribution < -0.4 is 5.46 Å². The van der Waals surface area contributed by atoms with Gasteiger partial charge in [-0.25, -0.2) is 19.9 Å². The number of hydrogen-bond donors (Lipinski definition) is 0. The molecule has 76 heavy (non-hydrogen) atoms. The summed E-state index contributed by atoms with van der Waals surface area (Å²) in [6.45, 7) is 8.33. The summed E-state index contributed by atoms with van der Waals surface area (Å²) in [5, 5.41) is 12.2. The first kappa shape index (κ1) is 47.1. The van der Waals surface area contributed by atoms with Crippen molar-refractivity contribution in [2.45, 2.75) is 38.9 Å². The molecule has 0 bridgehead atoms. The lowest BCUT2D eigenvalue weighted by atomic mass is 9.76. The van der Waals surface area contributed by atoms with Crippen LogP contribution in [0.15, 0.2) is 224 Å². The number of hydrogen-bond acceptors (Lipinski definition) is 8. The third-order valence-electron chi connectivity index (χ3n) is 14.9. The summed E-state index contributed by atoms with van der Waals surface area (Å²) in [7, 11) is -0.434. The summed E-state index contributed by atoms with van der Waals surface area (Å²) in [4.78, 5) is 27.1. The minimum atomic E-state index is -0.434. The van der Waals surface area contributed by atoms with Gasteiger partial charge < -0.3 is 9.31 Å². The molecule has 0 spiro atoms. The van der Waals surface area contributed by atoms with Gasteiger partial charge in [0, 0.05) is 87.0 Å². The molecule has 6 aromatic heterocycles. The normalized spacial score (nSPS) is 13.9. The molecule has 8 aromatic carbocycles. The topological polar surface area (TPSA) is 105 Å². The average molecular weight is 1050 g/mol. The molecule has 1 fully saturated rings. The van der Waals surface area contributed by atoms with Crippen LogP contribution in [-0.4, -0.2) is 57.0 Å². The van der Waals surface area contributed by atoms with Crippen LogP contribution in [0, 0.1) is 0 Å². The fourth-order valence-corrected chi connectivity index (χ4v) is 10.5. The molecule has 1 aliphatic rings. The van der Waals surface area contributed by atoms with E-state index in [2.05, 4.69) is 185 Å².